The average Bonchev–Trinajstić information content (AvgIpc) is 2.65. The fourth-order valence-corrected chi connectivity index (χ4v) is 3.31. The summed E-state index contributed by atoms with van der Waals surface area (Å²) >= 11 is 18.4. The van der Waals surface area contributed by atoms with E-state index >= 15 is 0 Å². The number of anilines is 1. The van der Waals surface area contributed by atoms with Crippen LogP contribution in [-0.4, -0.2) is 37.1 Å². The molecule has 0 radical (unpaired) electrons. The predicted octanol–water partition coefficient (Wildman–Crippen LogP) is 4.52. The molecule has 0 aliphatic carbocycles. The highest BCUT2D eigenvalue weighted by Crippen LogP contribution is 2.34. The molecule has 1 amide bonds. The number of rotatable bonds is 3. The number of nitrogens with two attached hydrogens (primary N) is 1. The van der Waals surface area contributed by atoms with Crippen molar-refractivity contribution in [2.45, 2.75) is 0 Å². The van der Waals surface area contributed by atoms with Gasteiger partial charge in [0, 0.05) is 24.2 Å². The Morgan fingerprint density at radius 3 is 2.15 bits per heavy atom. The molecule has 1 aliphatic rings. The van der Waals surface area contributed by atoms with Gasteiger partial charge in [-0.1, -0.05) is 46.9 Å². The van der Waals surface area contributed by atoms with Crippen LogP contribution in [0.4, 0.5) is 5.69 Å². The van der Waals surface area contributed by atoms with Crippen LogP contribution < -0.4 is 5.73 Å². The highest BCUT2D eigenvalue weighted by Gasteiger charge is 2.18. The van der Waals surface area contributed by atoms with E-state index in [9.17, 15) is 4.79 Å². The molecule has 0 unspecified atom stereocenters. The summed E-state index contributed by atoms with van der Waals surface area (Å²) in [6.45, 7) is 2.20. The number of nitrogen functional groups attached to an aromatic ring is 1. The number of amides is 1. The Kier molecular flexibility index (Phi) is 6.09. The maximum absolute atomic E-state index is 12.7. The van der Waals surface area contributed by atoms with Crippen molar-refractivity contribution >= 4 is 52.0 Å². The third kappa shape index (κ3) is 4.33. The quantitative estimate of drug-likeness (QED) is 0.597. The molecule has 4 nitrogen and oxygen atoms in total. The molecule has 26 heavy (non-hydrogen) atoms. The third-order valence-electron chi connectivity index (χ3n) is 4.14. The summed E-state index contributed by atoms with van der Waals surface area (Å²) in [5.74, 6) is -0.0951. The van der Waals surface area contributed by atoms with Crippen LogP contribution in [0.25, 0.3) is 5.57 Å². The van der Waals surface area contributed by atoms with E-state index in [0.29, 0.717) is 58.2 Å². The Morgan fingerprint density at radius 2 is 1.58 bits per heavy atom. The average molecular weight is 412 g/mol. The summed E-state index contributed by atoms with van der Waals surface area (Å²) in [5.41, 5.74) is 8.38. The van der Waals surface area contributed by atoms with Gasteiger partial charge in [0.05, 0.1) is 28.9 Å². The van der Waals surface area contributed by atoms with Crippen LogP contribution in [0.15, 0.2) is 42.5 Å². The van der Waals surface area contributed by atoms with Crippen LogP contribution in [0.5, 0.6) is 0 Å². The molecule has 2 aromatic carbocycles. The van der Waals surface area contributed by atoms with Crippen molar-refractivity contribution in [3.63, 3.8) is 0 Å². The Morgan fingerprint density at radius 1 is 1.00 bits per heavy atom. The van der Waals surface area contributed by atoms with Gasteiger partial charge in [-0.25, -0.2) is 0 Å². The van der Waals surface area contributed by atoms with Crippen molar-refractivity contribution in [2.24, 2.45) is 0 Å². The van der Waals surface area contributed by atoms with Gasteiger partial charge in [-0.3, -0.25) is 4.79 Å². The Balaban J connectivity index is 2.05. The lowest BCUT2D eigenvalue weighted by atomic mass is 9.97. The lowest BCUT2D eigenvalue weighted by Gasteiger charge is -2.26. The summed E-state index contributed by atoms with van der Waals surface area (Å²) in [4.78, 5) is 14.5. The monoisotopic (exact) mass is 410 g/mol. The van der Waals surface area contributed by atoms with Gasteiger partial charge in [0.2, 0.25) is 5.91 Å². The molecule has 2 aromatic rings. The fraction of sp³-hybridized carbons (Fsp3) is 0.211. The van der Waals surface area contributed by atoms with E-state index in [0.717, 1.165) is 5.56 Å². The first kappa shape index (κ1) is 19.1. The van der Waals surface area contributed by atoms with Gasteiger partial charge in [-0.05, 0) is 41.0 Å². The normalized spacial score (nSPS) is 15.2. The number of carbonyl (C=O) groups excluding carboxylic acids is 1. The second kappa shape index (κ2) is 8.31. The minimum Gasteiger partial charge on any atom is -0.396 e. The number of carbonyl (C=O) groups is 1. The van der Waals surface area contributed by atoms with Crippen LogP contribution >= 0.6 is 34.8 Å². The molecule has 136 valence electrons. The van der Waals surface area contributed by atoms with Crippen molar-refractivity contribution in [2.75, 3.05) is 32.0 Å². The van der Waals surface area contributed by atoms with Gasteiger partial charge >= 0.3 is 0 Å². The first-order valence-electron chi connectivity index (χ1n) is 8.05. The zero-order valence-electron chi connectivity index (χ0n) is 13.8. The van der Waals surface area contributed by atoms with Crippen LogP contribution in [0.2, 0.25) is 15.1 Å². The minimum atomic E-state index is -0.0951. The Bertz CT molecular complexity index is 821. The van der Waals surface area contributed by atoms with Crippen molar-refractivity contribution in [3.8, 4) is 0 Å². The second-order valence-corrected chi connectivity index (χ2v) is 7.11. The number of hydrogen-bond acceptors (Lipinski definition) is 3. The topological polar surface area (TPSA) is 55.6 Å². The molecule has 0 aromatic heterocycles. The number of hydrogen-bond donors (Lipinski definition) is 1. The van der Waals surface area contributed by atoms with E-state index in [2.05, 4.69) is 0 Å². The Labute approximate surface area is 167 Å². The van der Waals surface area contributed by atoms with Crippen LogP contribution in [0.1, 0.15) is 11.1 Å². The largest absolute Gasteiger partial charge is 0.396 e. The molecule has 3 rings (SSSR count). The highest BCUT2D eigenvalue weighted by atomic mass is 35.5. The van der Waals surface area contributed by atoms with Crippen molar-refractivity contribution in [1.29, 1.82) is 0 Å². The number of nitrogens with zero attached hydrogens (tertiary/aromatic N) is 1. The van der Waals surface area contributed by atoms with E-state index < -0.39 is 0 Å². The standard InChI is InChI=1S/C19H17Cl3N2O2/c20-14-3-1-12(2-4-14)15(11-18(25)24-5-7-26-8-6-24)13-9-16(21)19(23)17(22)10-13/h1-4,9-11H,5-8,23H2. The molecule has 7 heteroatoms. The summed E-state index contributed by atoms with van der Waals surface area (Å²) in [7, 11) is 0. The lowest BCUT2D eigenvalue weighted by molar-refractivity contribution is -0.129. The zero-order valence-corrected chi connectivity index (χ0v) is 16.1. The zero-order chi connectivity index (χ0) is 18.7. The minimum absolute atomic E-state index is 0.0951. The maximum atomic E-state index is 12.7. The van der Waals surface area contributed by atoms with Gasteiger partial charge in [0.25, 0.3) is 0 Å². The van der Waals surface area contributed by atoms with Crippen LogP contribution in [-0.2, 0) is 9.53 Å². The molecule has 1 fully saturated rings. The van der Waals surface area contributed by atoms with Crippen LogP contribution in [0.3, 0.4) is 0 Å². The fourth-order valence-electron chi connectivity index (χ4n) is 2.70. The van der Waals surface area contributed by atoms with Crippen molar-refractivity contribution in [1.82, 2.24) is 4.90 Å². The molecule has 2 N–H and O–H groups in total. The predicted molar refractivity (Wildman–Crippen MR) is 107 cm³/mol. The molecule has 0 atom stereocenters. The van der Waals surface area contributed by atoms with Gasteiger partial charge in [-0.15, -0.1) is 0 Å². The lowest BCUT2D eigenvalue weighted by Crippen LogP contribution is -2.39. The molecular weight excluding hydrogens is 395 g/mol. The van der Waals surface area contributed by atoms with Gasteiger partial charge in [-0.2, -0.15) is 0 Å². The first-order chi connectivity index (χ1) is 12.5. The molecule has 0 bridgehead atoms. The number of ether oxygens (including phenoxy) is 1. The molecule has 0 spiro atoms. The number of benzene rings is 2. The highest BCUT2D eigenvalue weighted by molar-refractivity contribution is 6.39. The van der Waals surface area contributed by atoms with Crippen molar-refractivity contribution < 1.29 is 9.53 Å². The Hall–Kier alpha value is -1.72. The molecule has 1 saturated heterocycles. The van der Waals surface area contributed by atoms with Gasteiger partial charge < -0.3 is 15.4 Å². The van der Waals surface area contributed by atoms with E-state index in [1.54, 1.807) is 35.2 Å². The van der Waals surface area contributed by atoms with Gasteiger partial charge in [0.15, 0.2) is 0 Å². The third-order valence-corrected chi connectivity index (χ3v) is 5.01. The van der Waals surface area contributed by atoms with Crippen LogP contribution in [0, 0.1) is 0 Å². The molecule has 1 heterocycles. The molecule has 1 aliphatic heterocycles. The molecular formula is C19H17Cl3N2O2. The SMILES string of the molecule is Nc1c(Cl)cc(C(=CC(=O)N2CCOCC2)c2ccc(Cl)cc2)cc1Cl. The second-order valence-electron chi connectivity index (χ2n) is 5.86. The van der Waals surface area contributed by atoms with Crippen molar-refractivity contribution in [3.05, 3.63) is 68.7 Å². The molecule has 0 saturated carbocycles. The van der Waals surface area contributed by atoms with Gasteiger partial charge in [0.1, 0.15) is 0 Å². The summed E-state index contributed by atoms with van der Waals surface area (Å²) in [6.07, 6.45) is 1.59. The van der Waals surface area contributed by atoms with E-state index in [-0.39, 0.29) is 5.91 Å². The van der Waals surface area contributed by atoms with E-state index in [1.165, 1.54) is 0 Å². The van der Waals surface area contributed by atoms with E-state index in [1.807, 2.05) is 12.1 Å². The summed E-state index contributed by atoms with van der Waals surface area (Å²) < 4.78 is 5.30. The number of halogens is 3. The smallest absolute Gasteiger partial charge is 0.247 e. The first-order valence-corrected chi connectivity index (χ1v) is 9.18. The number of morpholine rings is 1. The summed E-state index contributed by atoms with van der Waals surface area (Å²) in [5, 5.41) is 1.29. The van der Waals surface area contributed by atoms with E-state index in [4.69, 9.17) is 45.3 Å². The summed E-state index contributed by atoms with van der Waals surface area (Å²) in [6, 6.07) is 10.6. The maximum Gasteiger partial charge on any atom is 0.247 e.